The SMILES string of the molecule is CCCCCn1c(O)c(N=NC(=O)CNC(=O)c2ccccc2Br)c2cc(C)ccc21. The lowest BCUT2D eigenvalue weighted by Crippen LogP contribution is -2.28. The van der Waals surface area contributed by atoms with Gasteiger partial charge in [-0.25, -0.2) is 0 Å². The van der Waals surface area contributed by atoms with Gasteiger partial charge in [0, 0.05) is 16.4 Å². The zero-order valence-electron chi connectivity index (χ0n) is 17.6. The van der Waals surface area contributed by atoms with Crippen LogP contribution in [0.5, 0.6) is 5.88 Å². The number of halogens is 1. The highest BCUT2D eigenvalue weighted by Gasteiger charge is 2.17. The number of benzene rings is 2. The van der Waals surface area contributed by atoms with Crippen LogP contribution in [0.4, 0.5) is 5.69 Å². The van der Waals surface area contributed by atoms with Gasteiger partial charge in [-0.1, -0.05) is 43.5 Å². The number of aromatic hydroxyl groups is 1. The Morgan fingerprint density at radius 2 is 1.94 bits per heavy atom. The maximum absolute atomic E-state index is 12.2. The molecule has 0 bridgehead atoms. The number of carbonyl (C=O) groups excluding carboxylic acids is 2. The third-order valence-electron chi connectivity index (χ3n) is 4.93. The number of hydrogen-bond donors (Lipinski definition) is 2. The van der Waals surface area contributed by atoms with Gasteiger partial charge in [0.1, 0.15) is 6.54 Å². The standard InChI is InChI=1S/C23H25BrN4O3/c1-3-4-7-12-28-19-11-10-15(2)13-17(19)21(23(28)31)27-26-20(29)14-25-22(30)16-8-5-6-9-18(16)24/h5-6,8-11,13,31H,3-4,7,12,14H2,1-2H3,(H,25,30). The Balaban J connectivity index is 1.76. The van der Waals surface area contributed by atoms with Crippen molar-refractivity contribution in [3.8, 4) is 5.88 Å². The molecule has 2 N–H and O–H groups in total. The number of fused-ring (bicyclic) bond motifs is 1. The molecular weight excluding hydrogens is 460 g/mol. The van der Waals surface area contributed by atoms with Crippen molar-refractivity contribution in [1.82, 2.24) is 9.88 Å². The number of rotatable bonds is 8. The van der Waals surface area contributed by atoms with Crippen LogP contribution in [0.2, 0.25) is 0 Å². The van der Waals surface area contributed by atoms with Crippen molar-refractivity contribution in [3.63, 3.8) is 0 Å². The molecule has 0 fully saturated rings. The first kappa shape index (κ1) is 22.7. The quantitative estimate of drug-likeness (QED) is 0.319. The molecule has 0 atom stereocenters. The summed E-state index contributed by atoms with van der Waals surface area (Å²) in [5.41, 5.74) is 2.56. The summed E-state index contributed by atoms with van der Waals surface area (Å²) in [5, 5.41) is 21.8. The zero-order chi connectivity index (χ0) is 22.4. The highest BCUT2D eigenvalue weighted by molar-refractivity contribution is 9.10. The Kier molecular flexibility index (Phi) is 7.57. The monoisotopic (exact) mass is 484 g/mol. The van der Waals surface area contributed by atoms with Crippen LogP contribution in [-0.4, -0.2) is 28.0 Å². The summed E-state index contributed by atoms with van der Waals surface area (Å²) in [6, 6.07) is 12.8. The normalized spacial score (nSPS) is 11.3. The van der Waals surface area contributed by atoms with Crippen molar-refractivity contribution in [2.24, 2.45) is 10.2 Å². The van der Waals surface area contributed by atoms with Gasteiger partial charge in [-0.05, 0) is 53.5 Å². The molecule has 0 aliphatic carbocycles. The van der Waals surface area contributed by atoms with E-state index in [2.05, 4.69) is 38.4 Å². The summed E-state index contributed by atoms with van der Waals surface area (Å²) in [6.45, 7) is 4.44. The van der Waals surface area contributed by atoms with E-state index < -0.39 is 5.91 Å². The molecule has 8 heteroatoms. The van der Waals surface area contributed by atoms with Gasteiger partial charge in [-0.15, -0.1) is 10.2 Å². The maximum atomic E-state index is 12.2. The summed E-state index contributed by atoms with van der Waals surface area (Å²) in [6.07, 6.45) is 3.06. The number of aromatic nitrogens is 1. The van der Waals surface area contributed by atoms with Crippen molar-refractivity contribution in [3.05, 3.63) is 58.1 Å². The molecule has 0 saturated carbocycles. The number of nitrogens with zero attached hydrogens (tertiary/aromatic N) is 3. The van der Waals surface area contributed by atoms with E-state index in [0.29, 0.717) is 16.6 Å². The summed E-state index contributed by atoms with van der Waals surface area (Å²) < 4.78 is 2.44. The Bertz CT molecular complexity index is 1140. The predicted octanol–water partition coefficient (Wildman–Crippen LogP) is 5.65. The van der Waals surface area contributed by atoms with E-state index >= 15 is 0 Å². The molecule has 3 aromatic rings. The largest absolute Gasteiger partial charge is 0.493 e. The first-order chi connectivity index (χ1) is 14.9. The zero-order valence-corrected chi connectivity index (χ0v) is 19.1. The molecule has 1 heterocycles. The minimum atomic E-state index is -0.612. The Morgan fingerprint density at radius 1 is 1.16 bits per heavy atom. The molecule has 0 spiro atoms. The Labute approximate surface area is 189 Å². The second-order valence-electron chi connectivity index (χ2n) is 7.31. The molecule has 0 radical (unpaired) electrons. The third kappa shape index (κ3) is 5.38. The molecule has 0 saturated heterocycles. The number of nitrogens with one attached hydrogen (secondary N) is 1. The molecule has 0 aliphatic rings. The summed E-state index contributed by atoms with van der Waals surface area (Å²) in [5.74, 6) is -1.01. The van der Waals surface area contributed by atoms with Gasteiger partial charge in [-0.2, -0.15) is 0 Å². The van der Waals surface area contributed by atoms with Crippen LogP contribution in [0.1, 0.15) is 42.1 Å². The Morgan fingerprint density at radius 3 is 2.68 bits per heavy atom. The second kappa shape index (κ2) is 10.3. The maximum Gasteiger partial charge on any atom is 0.283 e. The number of azo groups is 1. The molecule has 1 aromatic heterocycles. The number of aryl methyl sites for hydroxylation is 2. The van der Waals surface area contributed by atoms with Gasteiger partial charge in [0.2, 0.25) is 5.88 Å². The molecule has 3 rings (SSSR count). The fourth-order valence-corrected chi connectivity index (χ4v) is 3.78. The van der Waals surface area contributed by atoms with Crippen molar-refractivity contribution in [2.75, 3.05) is 6.54 Å². The van der Waals surface area contributed by atoms with E-state index in [0.717, 1.165) is 35.7 Å². The first-order valence-electron chi connectivity index (χ1n) is 10.2. The lowest BCUT2D eigenvalue weighted by Gasteiger charge is -2.06. The molecule has 0 unspecified atom stereocenters. The topological polar surface area (TPSA) is 96.0 Å². The first-order valence-corrected chi connectivity index (χ1v) is 11.0. The summed E-state index contributed by atoms with van der Waals surface area (Å²) >= 11 is 3.31. The molecule has 31 heavy (non-hydrogen) atoms. The average Bonchev–Trinajstić information content (AvgIpc) is 3.01. The van der Waals surface area contributed by atoms with Gasteiger partial charge in [0.15, 0.2) is 5.69 Å². The van der Waals surface area contributed by atoms with Crippen molar-refractivity contribution < 1.29 is 14.7 Å². The van der Waals surface area contributed by atoms with E-state index in [1.165, 1.54) is 0 Å². The number of amides is 2. The van der Waals surface area contributed by atoms with Crippen molar-refractivity contribution in [2.45, 2.75) is 39.7 Å². The van der Waals surface area contributed by atoms with Gasteiger partial charge in [0.05, 0.1) is 11.1 Å². The van der Waals surface area contributed by atoms with Crippen LogP contribution in [0, 0.1) is 6.92 Å². The molecular formula is C23H25BrN4O3. The number of unbranched alkanes of at least 4 members (excludes halogenated alkanes) is 2. The highest BCUT2D eigenvalue weighted by Crippen LogP contribution is 2.39. The molecule has 2 aromatic carbocycles. The van der Waals surface area contributed by atoms with E-state index in [9.17, 15) is 14.7 Å². The molecule has 2 amide bonds. The van der Waals surface area contributed by atoms with Crippen molar-refractivity contribution >= 4 is 44.3 Å². The lowest BCUT2D eigenvalue weighted by atomic mass is 10.1. The average molecular weight is 485 g/mol. The number of carbonyl (C=O) groups is 2. The molecule has 162 valence electrons. The van der Waals surface area contributed by atoms with Gasteiger partial charge in [-0.3, -0.25) is 9.59 Å². The predicted molar refractivity (Wildman–Crippen MR) is 124 cm³/mol. The van der Waals surface area contributed by atoms with E-state index in [4.69, 9.17) is 0 Å². The summed E-state index contributed by atoms with van der Waals surface area (Å²) in [7, 11) is 0. The minimum absolute atomic E-state index is 0.00879. The summed E-state index contributed by atoms with van der Waals surface area (Å²) in [4.78, 5) is 24.4. The third-order valence-corrected chi connectivity index (χ3v) is 5.62. The minimum Gasteiger partial charge on any atom is -0.493 e. The van der Waals surface area contributed by atoms with Crippen molar-refractivity contribution in [1.29, 1.82) is 0 Å². The fourth-order valence-electron chi connectivity index (χ4n) is 3.32. The van der Waals surface area contributed by atoms with Crippen LogP contribution in [0.15, 0.2) is 57.2 Å². The van der Waals surface area contributed by atoms with E-state index in [1.807, 2.05) is 25.1 Å². The van der Waals surface area contributed by atoms with Crippen LogP contribution in [-0.2, 0) is 11.3 Å². The number of hydrogen-bond acceptors (Lipinski definition) is 4. The Hall–Kier alpha value is -3.00. The van der Waals surface area contributed by atoms with E-state index in [-0.39, 0.29) is 24.0 Å². The fraction of sp³-hybridized carbons (Fsp3) is 0.304. The van der Waals surface area contributed by atoms with Gasteiger partial charge < -0.3 is 15.0 Å². The van der Waals surface area contributed by atoms with Gasteiger partial charge in [0.25, 0.3) is 11.8 Å². The lowest BCUT2D eigenvalue weighted by molar-refractivity contribution is -0.117. The highest BCUT2D eigenvalue weighted by atomic mass is 79.9. The van der Waals surface area contributed by atoms with Crippen LogP contribution in [0.25, 0.3) is 10.9 Å². The molecule has 7 nitrogen and oxygen atoms in total. The smallest absolute Gasteiger partial charge is 0.283 e. The second-order valence-corrected chi connectivity index (χ2v) is 8.16. The van der Waals surface area contributed by atoms with E-state index in [1.54, 1.807) is 28.8 Å². The van der Waals surface area contributed by atoms with Crippen LogP contribution in [0.3, 0.4) is 0 Å². The molecule has 0 aliphatic heterocycles. The van der Waals surface area contributed by atoms with Crippen LogP contribution >= 0.6 is 15.9 Å². The van der Waals surface area contributed by atoms with Gasteiger partial charge >= 0.3 is 0 Å². The van der Waals surface area contributed by atoms with Crippen LogP contribution < -0.4 is 5.32 Å².